The third kappa shape index (κ3) is 1.08. The van der Waals surface area contributed by atoms with Gasteiger partial charge in [0.05, 0.1) is 0 Å². The Kier molecular flexibility index (Phi) is 1.87. The van der Waals surface area contributed by atoms with Gasteiger partial charge in [-0.25, -0.2) is 17.6 Å². The monoisotopic (exact) mass is 184 g/mol. The third-order valence-corrected chi connectivity index (χ3v) is 1.41. The number of hydrogen-bond donors (Lipinski definition) is 2. The van der Waals surface area contributed by atoms with E-state index in [0.29, 0.717) is 0 Å². The first-order valence-corrected chi connectivity index (χ1v) is 2.89. The number of allylic oxidation sites excluding steroid dienone is 2. The highest BCUT2D eigenvalue weighted by Crippen LogP contribution is 2.36. The first-order chi connectivity index (χ1) is 5.37. The van der Waals surface area contributed by atoms with E-state index in [1.54, 1.807) is 0 Å². The first-order valence-electron chi connectivity index (χ1n) is 2.89. The number of aliphatic hydroxyl groups excluding tert-OH is 1. The summed E-state index contributed by atoms with van der Waals surface area (Å²) in [6, 6.07) is 0. The number of halogens is 4. The molecule has 12 heavy (non-hydrogen) atoms. The lowest BCUT2D eigenvalue weighted by Crippen LogP contribution is -2.39. The molecule has 0 saturated heterocycles. The Morgan fingerprint density at radius 3 is 2.42 bits per heavy atom. The van der Waals surface area contributed by atoms with Crippen molar-refractivity contribution in [2.45, 2.75) is 12.0 Å². The van der Waals surface area contributed by atoms with Crippen molar-refractivity contribution in [3.05, 3.63) is 23.5 Å². The van der Waals surface area contributed by atoms with E-state index < -0.39 is 29.4 Å². The van der Waals surface area contributed by atoms with Gasteiger partial charge in [-0.05, 0) is 0 Å². The van der Waals surface area contributed by atoms with Crippen LogP contribution < -0.4 is 0 Å². The van der Waals surface area contributed by atoms with Crippen LogP contribution in [0.1, 0.15) is 0 Å². The van der Waals surface area contributed by atoms with E-state index in [9.17, 15) is 17.6 Å². The van der Waals surface area contributed by atoms with Crippen molar-refractivity contribution in [2.24, 2.45) is 0 Å². The maximum atomic E-state index is 12.5. The van der Waals surface area contributed by atoms with Crippen molar-refractivity contribution in [3.63, 3.8) is 0 Å². The molecular formula is C6H4F4O2. The van der Waals surface area contributed by atoms with E-state index in [4.69, 9.17) is 10.2 Å². The lowest BCUT2D eigenvalue weighted by atomic mass is 10.0. The molecule has 0 spiro atoms. The summed E-state index contributed by atoms with van der Waals surface area (Å²) >= 11 is 0. The summed E-state index contributed by atoms with van der Waals surface area (Å²) in [5.41, 5.74) is 0. The molecule has 2 unspecified atom stereocenters. The van der Waals surface area contributed by atoms with Crippen LogP contribution in [0.25, 0.3) is 0 Å². The molecule has 6 heteroatoms. The fourth-order valence-corrected chi connectivity index (χ4v) is 0.710. The van der Waals surface area contributed by atoms with Crippen molar-refractivity contribution in [1.29, 1.82) is 0 Å². The quantitative estimate of drug-likeness (QED) is 0.561. The third-order valence-electron chi connectivity index (χ3n) is 1.41. The van der Waals surface area contributed by atoms with Gasteiger partial charge >= 0.3 is 0 Å². The number of aliphatic hydroxyl groups is 2. The van der Waals surface area contributed by atoms with E-state index in [2.05, 4.69) is 0 Å². The minimum absolute atomic E-state index is 0.120. The van der Waals surface area contributed by atoms with Gasteiger partial charge in [0.1, 0.15) is 0 Å². The van der Waals surface area contributed by atoms with Gasteiger partial charge in [-0.1, -0.05) is 0 Å². The Bertz CT molecular complexity index is 269. The van der Waals surface area contributed by atoms with Crippen molar-refractivity contribution >= 4 is 0 Å². The van der Waals surface area contributed by atoms with Crippen LogP contribution in [0.2, 0.25) is 0 Å². The number of hydrogen-bond acceptors (Lipinski definition) is 2. The molecule has 1 rings (SSSR count). The second kappa shape index (κ2) is 2.48. The predicted octanol–water partition coefficient (Wildman–Crippen LogP) is 1.59. The molecule has 1 aliphatic carbocycles. The molecule has 2 nitrogen and oxygen atoms in total. The van der Waals surface area contributed by atoms with Gasteiger partial charge in [0.2, 0.25) is 6.17 Å². The smallest absolute Gasteiger partial charge is 0.298 e. The van der Waals surface area contributed by atoms with Crippen LogP contribution in [-0.2, 0) is 0 Å². The minimum atomic E-state index is -3.97. The highest BCUT2D eigenvalue weighted by atomic mass is 19.2. The fourth-order valence-electron chi connectivity index (χ4n) is 0.710. The molecule has 2 N–H and O–H groups in total. The highest BCUT2D eigenvalue weighted by Gasteiger charge is 2.49. The lowest BCUT2D eigenvalue weighted by molar-refractivity contribution is -0.126. The largest absolute Gasteiger partial charge is 0.506 e. The van der Waals surface area contributed by atoms with Crippen molar-refractivity contribution < 1.29 is 27.8 Å². The van der Waals surface area contributed by atoms with Gasteiger partial charge in [-0.3, -0.25) is 0 Å². The molecule has 0 fully saturated rings. The van der Waals surface area contributed by atoms with Crippen LogP contribution in [0.5, 0.6) is 0 Å². The Hall–Kier alpha value is -1.04. The molecule has 0 bridgehead atoms. The minimum Gasteiger partial charge on any atom is -0.506 e. The van der Waals surface area contributed by atoms with Gasteiger partial charge in [-0.15, -0.1) is 0 Å². The summed E-state index contributed by atoms with van der Waals surface area (Å²) in [6.45, 7) is 0. The average molecular weight is 184 g/mol. The van der Waals surface area contributed by atoms with Gasteiger partial charge in [-0.2, -0.15) is 0 Å². The molecule has 0 aromatic rings. The molecule has 2 atom stereocenters. The second-order valence-corrected chi connectivity index (χ2v) is 2.26. The van der Waals surface area contributed by atoms with E-state index in [-0.39, 0.29) is 6.08 Å². The maximum absolute atomic E-state index is 12.5. The molecule has 0 aromatic heterocycles. The van der Waals surface area contributed by atoms with Crippen LogP contribution in [0, 0.1) is 0 Å². The van der Waals surface area contributed by atoms with Crippen LogP contribution in [0.4, 0.5) is 17.6 Å². The molecule has 0 radical (unpaired) electrons. The first kappa shape index (κ1) is 9.05. The molecule has 0 aliphatic heterocycles. The van der Waals surface area contributed by atoms with Crippen LogP contribution in [-0.4, -0.2) is 22.2 Å². The summed E-state index contributed by atoms with van der Waals surface area (Å²) in [7, 11) is 0. The Balaban J connectivity index is 3.16. The fraction of sp³-hybridized carbons (Fsp3) is 0.333. The molecule has 0 heterocycles. The van der Waals surface area contributed by atoms with Crippen molar-refractivity contribution in [3.8, 4) is 0 Å². The SMILES string of the molecule is OC1=C(F)C=C(F)C(O)(F)C1F. The summed E-state index contributed by atoms with van der Waals surface area (Å²) in [6.07, 6.45) is -3.24. The molecule has 0 aromatic carbocycles. The summed E-state index contributed by atoms with van der Waals surface area (Å²) < 4.78 is 49.3. The van der Waals surface area contributed by atoms with Gasteiger partial charge in [0.25, 0.3) is 5.85 Å². The van der Waals surface area contributed by atoms with Crippen LogP contribution in [0.3, 0.4) is 0 Å². The Morgan fingerprint density at radius 2 is 1.92 bits per heavy atom. The molecular weight excluding hydrogens is 180 g/mol. The normalized spacial score (nSPS) is 36.8. The predicted molar refractivity (Wildman–Crippen MR) is 30.9 cm³/mol. The molecule has 1 aliphatic rings. The van der Waals surface area contributed by atoms with E-state index in [1.807, 2.05) is 0 Å². The van der Waals surface area contributed by atoms with Gasteiger partial charge < -0.3 is 10.2 Å². The van der Waals surface area contributed by atoms with Crippen molar-refractivity contribution in [2.75, 3.05) is 0 Å². The Labute approximate surface area is 64.4 Å². The number of rotatable bonds is 0. The van der Waals surface area contributed by atoms with Crippen LogP contribution in [0.15, 0.2) is 23.5 Å². The van der Waals surface area contributed by atoms with Gasteiger partial charge in [0.15, 0.2) is 17.4 Å². The molecule has 0 saturated carbocycles. The standard InChI is InChI=1S/C6H4F4O2/c7-2-1-3(8)6(10,12)5(9)4(2)11/h1,5,11-12H. The number of alkyl halides is 2. The van der Waals surface area contributed by atoms with E-state index in [0.717, 1.165) is 0 Å². The second-order valence-electron chi connectivity index (χ2n) is 2.26. The van der Waals surface area contributed by atoms with Crippen LogP contribution >= 0.6 is 0 Å². The summed E-state index contributed by atoms with van der Waals surface area (Å²) in [5.74, 6) is -9.27. The highest BCUT2D eigenvalue weighted by molar-refractivity contribution is 5.31. The van der Waals surface area contributed by atoms with E-state index in [1.165, 1.54) is 0 Å². The average Bonchev–Trinajstić information content (AvgIpc) is 1.99. The molecule has 68 valence electrons. The summed E-state index contributed by atoms with van der Waals surface area (Å²) in [4.78, 5) is 0. The van der Waals surface area contributed by atoms with Crippen molar-refractivity contribution in [1.82, 2.24) is 0 Å². The Morgan fingerprint density at radius 1 is 1.42 bits per heavy atom. The maximum Gasteiger partial charge on any atom is 0.298 e. The summed E-state index contributed by atoms with van der Waals surface area (Å²) in [5, 5.41) is 16.8. The zero-order valence-corrected chi connectivity index (χ0v) is 5.56. The topological polar surface area (TPSA) is 40.5 Å². The molecule has 0 amide bonds. The zero-order valence-electron chi connectivity index (χ0n) is 5.56. The van der Waals surface area contributed by atoms with E-state index >= 15 is 0 Å². The lowest BCUT2D eigenvalue weighted by Gasteiger charge is -2.23. The van der Waals surface area contributed by atoms with Gasteiger partial charge in [0, 0.05) is 6.08 Å². The zero-order chi connectivity index (χ0) is 9.52.